The molecule has 0 rings (SSSR count). The molecule has 2 amide bonds. The van der Waals surface area contributed by atoms with E-state index in [9.17, 15) is 9.59 Å². The number of halogens is 2. The second kappa shape index (κ2) is 14.2. The molecule has 0 saturated carbocycles. The van der Waals surface area contributed by atoms with Crippen LogP contribution in [0.15, 0.2) is 0 Å². The zero-order valence-corrected chi connectivity index (χ0v) is 13.0. The minimum atomic E-state index is -0.472. The molecule has 0 fully saturated rings. The van der Waals surface area contributed by atoms with E-state index < -0.39 is 16.5 Å². The van der Waals surface area contributed by atoms with Crippen LogP contribution in [0.4, 0.5) is 0 Å². The van der Waals surface area contributed by atoms with Crippen molar-refractivity contribution in [2.75, 3.05) is 0 Å². The molecule has 0 aliphatic carbocycles. The summed E-state index contributed by atoms with van der Waals surface area (Å²) in [4.78, 5) is 19.8. The Kier molecular flexibility index (Phi) is 19.5. The van der Waals surface area contributed by atoms with Gasteiger partial charge in [-0.05, 0) is 0 Å². The van der Waals surface area contributed by atoms with Gasteiger partial charge in [0.05, 0.1) is 0 Å². The van der Waals surface area contributed by atoms with Crippen LogP contribution < -0.4 is 11.5 Å². The Bertz CT molecular complexity index is 160. The van der Waals surface area contributed by atoms with E-state index in [0.717, 1.165) is 0 Å². The van der Waals surface area contributed by atoms with Crippen LogP contribution in [0.5, 0.6) is 0 Å². The maximum absolute atomic E-state index is 9.92. The summed E-state index contributed by atoms with van der Waals surface area (Å²) in [6, 6.07) is 0. The third-order valence-corrected chi connectivity index (χ3v) is 1.14. The van der Waals surface area contributed by atoms with Crippen LogP contribution in [-0.4, -0.2) is 11.8 Å². The van der Waals surface area contributed by atoms with Gasteiger partial charge in [0.25, 0.3) is 0 Å². The summed E-state index contributed by atoms with van der Waals surface area (Å²) < 4.78 is 0. The van der Waals surface area contributed by atoms with Crippen LogP contribution in [0.2, 0.25) is 0 Å². The molecule has 0 radical (unpaired) electrons. The summed E-state index contributed by atoms with van der Waals surface area (Å²) in [5.41, 5.74) is 9.59. The average molecular weight is 440 g/mol. The van der Waals surface area contributed by atoms with Crippen molar-refractivity contribution in [1.29, 1.82) is 0 Å². The Morgan fingerprint density at radius 2 is 1.00 bits per heavy atom. The van der Waals surface area contributed by atoms with Crippen LogP contribution >= 0.6 is 18.8 Å². The fraction of sp³-hybridized carbons (Fsp3) is 0.750. The summed E-state index contributed by atoms with van der Waals surface area (Å²) in [5.74, 6) is -0.500. The molecule has 4 nitrogen and oxygen atoms in total. The molecule has 0 aromatic carbocycles. The van der Waals surface area contributed by atoms with Gasteiger partial charge in [-0.2, -0.15) is 0 Å². The first-order valence-electron chi connectivity index (χ1n) is 4.11. The number of carbonyl (C=O) groups excluding carboxylic acids is 2. The zero-order chi connectivity index (χ0) is 13.0. The maximum atomic E-state index is 9.92. The molecule has 94 valence electrons. The topological polar surface area (TPSA) is 86.2 Å². The third-order valence-electron chi connectivity index (χ3n) is 1.14. The molecule has 0 atom stereocenters. The Morgan fingerprint density at radius 3 is 1.00 bits per heavy atom. The van der Waals surface area contributed by atoms with Gasteiger partial charge in [0, 0.05) is 11.8 Å². The second-order valence-corrected chi connectivity index (χ2v) is 6.44. The van der Waals surface area contributed by atoms with Crippen molar-refractivity contribution in [2.45, 2.75) is 27.7 Å². The Labute approximate surface area is 107 Å². The van der Waals surface area contributed by atoms with E-state index in [4.69, 9.17) is 30.3 Å². The molecule has 7 heteroatoms. The number of rotatable bonds is 2. The van der Waals surface area contributed by atoms with Crippen LogP contribution in [0.1, 0.15) is 27.7 Å². The average Bonchev–Trinajstić information content (AvgIpc) is 2.06. The Morgan fingerprint density at radius 1 is 0.933 bits per heavy atom. The molecule has 0 bridgehead atoms. The van der Waals surface area contributed by atoms with E-state index in [-0.39, 0.29) is 23.7 Å². The fourth-order valence-electron chi connectivity index (χ4n) is 0. The number of amides is 2. The minimum absolute atomic E-state index is 0.00926. The number of hydrogen-bond donors (Lipinski definition) is 2. The second-order valence-electron chi connectivity index (χ2n) is 3.16. The summed E-state index contributed by atoms with van der Waals surface area (Å²) in [6.45, 7) is 7.06. The van der Waals surface area contributed by atoms with Gasteiger partial charge in [0.2, 0.25) is 11.8 Å². The van der Waals surface area contributed by atoms with Crippen molar-refractivity contribution in [3.63, 3.8) is 0 Å². The molecule has 0 saturated heterocycles. The Hall–Kier alpha value is 0.208. The van der Waals surface area contributed by atoms with Gasteiger partial charge >= 0.3 is 35.3 Å². The number of hydrogen-bond acceptors (Lipinski definition) is 2. The number of nitrogens with two attached hydrogens (primary N) is 2. The van der Waals surface area contributed by atoms with Gasteiger partial charge in [-0.25, -0.2) is 0 Å². The van der Waals surface area contributed by atoms with Gasteiger partial charge < -0.3 is 11.5 Å². The van der Waals surface area contributed by atoms with Crippen molar-refractivity contribution in [1.82, 2.24) is 0 Å². The summed E-state index contributed by atoms with van der Waals surface area (Å²) >= 11 is -0.472. The SMILES string of the molecule is CC(C)C(N)=O.CC(C)C(N)=O.[Cl][Pt+2][Cl]. The van der Waals surface area contributed by atoms with Crippen molar-refractivity contribution >= 4 is 30.7 Å². The van der Waals surface area contributed by atoms with Crippen LogP contribution in [0.25, 0.3) is 0 Å². The summed E-state index contributed by atoms with van der Waals surface area (Å²) in [7, 11) is 9.75. The van der Waals surface area contributed by atoms with Crippen molar-refractivity contribution in [3.8, 4) is 0 Å². The first-order chi connectivity index (χ1) is 6.70. The molecular formula is C8H18Cl2N2O2Pt+2. The number of carbonyl (C=O) groups is 2. The van der Waals surface area contributed by atoms with Gasteiger partial charge in [0.1, 0.15) is 0 Å². The first-order valence-corrected chi connectivity index (χ1v) is 9.74. The quantitative estimate of drug-likeness (QED) is 0.684. The predicted octanol–water partition coefficient (Wildman–Crippen LogP) is 1.63. The van der Waals surface area contributed by atoms with Gasteiger partial charge in [-0.15, -0.1) is 0 Å². The van der Waals surface area contributed by atoms with Crippen LogP contribution in [0.3, 0.4) is 0 Å². The van der Waals surface area contributed by atoms with Gasteiger partial charge in [-0.3, -0.25) is 9.59 Å². The normalized spacial score (nSPS) is 8.80. The molecule has 0 heterocycles. The fourth-order valence-corrected chi connectivity index (χ4v) is 0. The Balaban J connectivity index is -0.000000153. The van der Waals surface area contributed by atoms with Gasteiger partial charge in [0.15, 0.2) is 0 Å². The third kappa shape index (κ3) is 31.4. The molecule has 0 unspecified atom stereocenters. The summed E-state index contributed by atoms with van der Waals surface area (Å²) in [5, 5.41) is 0. The standard InChI is InChI=1S/2C4H9NO.2ClH.Pt/c2*1-3(2)4(5)6;;;/h2*3H,1-2H3,(H2,5,6);2*1H;/q;;;;+4/p-2. The van der Waals surface area contributed by atoms with Crippen LogP contribution in [-0.2, 0) is 26.1 Å². The van der Waals surface area contributed by atoms with Crippen molar-refractivity contribution in [3.05, 3.63) is 0 Å². The van der Waals surface area contributed by atoms with Crippen LogP contribution in [0, 0.1) is 11.8 Å². The predicted molar refractivity (Wildman–Crippen MR) is 59.8 cm³/mol. The molecule has 15 heavy (non-hydrogen) atoms. The molecule has 4 N–H and O–H groups in total. The van der Waals surface area contributed by atoms with E-state index in [0.29, 0.717) is 0 Å². The summed E-state index contributed by atoms with van der Waals surface area (Å²) in [6.07, 6.45) is 0. The van der Waals surface area contributed by atoms with E-state index in [1.165, 1.54) is 0 Å². The van der Waals surface area contributed by atoms with E-state index in [2.05, 4.69) is 0 Å². The molecule has 0 aromatic rings. The van der Waals surface area contributed by atoms with E-state index in [1.807, 2.05) is 0 Å². The number of primary amides is 2. The molecule has 0 aliphatic heterocycles. The molecular weight excluding hydrogens is 422 g/mol. The van der Waals surface area contributed by atoms with Crippen molar-refractivity contribution in [2.24, 2.45) is 23.3 Å². The first kappa shape index (κ1) is 20.6. The van der Waals surface area contributed by atoms with E-state index >= 15 is 0 Å². The van der Waals surface area contributed by atoms with Gasteiger partial charge in [-0.1, -0.05) is 27.7 Å². The zero-order valence-electron chi connectivity index (χ0n) is 9.20. The molecule has 0 spiro atoms. The monoisotopic (exact) mass is 439 g/mol. The van der Waals surface area contributed by atoms with E-state index in [1.54, 1.807) is 27.7 Å². The molecule has 0 aliphatic rings. The molecule has 0 aromatic heterocycles. The van der Waals surface area contributed by atoms with Crippen molar-refractivity contribution < 1.29 is 26.1 Å².